The van der Waals surface area contributed by atoms with E-state index >= 15 is 0 Å². The third-order valence-corrected chi connectivity index (χ3v) is 7.62. The number of ether oxygens (including phenoxy) is 1. The van der Waals surface area contributed by atoms with Gasteiger partial charge in [-0.15, -0.1) is 0 Å². The summed E-state index contributed by atoms with van der Waals surface area (Å²) in [5, 5.41) is 2.86. The van der Waals surface area contributed by atoms with Gasteiger partial charge in [0.25, 0.3) is 10.0 Å². The average molecular weight is 523 g/mol. The Morgan fingerprint density at radius 1 is 1.33 bits per heavy atom. The molecule has 1 aromatic rings. The van der Waals surface area contributed by atoms with Crippen molar-refractivity contribution in [3.8, 4) is 5.75 Å². The van der Waals surface area contributed by atoms with Crippen molar-refractivity contribution >= 4 is 68.1 Å². The lowest BCUT2D eigenvalue weighted by molar-refractivity contribution is 0.260. The molecule has 0 fully saturated rings. The van der Waals surface area contributed by atoms with E-state index in [1.54, 1.807) is 18.2 Å². The van der Waals surface area contributed by atoms with Gasteiger partial charge in [-0.25, -0.2) is 8.42 Å². The molecule has 1 heterocycles. The second-order valence-corrected chi connectivity index (χ2v) is 13.3. The topological polar surface area (TPSA) is 58.6 Å². The minimum atomic E-state index is -3.74. The average Bonchev–Trinajstić information content (AvgIpc) is 2.83. The molecule has 0 spiro atoms. The van der Waals surface area contributed by atoms with Crippen molar-refractivity contribution < 1.29 is 13.2 Å². The predicted octanol–water partition coefficient (Wildman–Crippen LogP) is 4.45. The van der Waals surface area contributed by atoms with Crippen molar-refractivity contribution in [1.82, 2.24) is 4.90 Å². The summed E-state index contributed by atoms with van der Waals surface area (Å²) < 4.78 is 33.9. The molecule has 1 N–H and O–H groups in total. The Morgan fingerprint density at radius 2 is 2.04 bits per heavy atom. The number of nitrogens with one attached hydrogen (secondary N) is 1. The molecule has 2 rings (SSSR count). The van der Waals surface area contributed by atoms with Crippen LogP contribution >= 0.6 is 52.4 Å². The molecule has 0 saturated carbocycles. The maximum absolute atomic E-state index is 12.4. The number of benzene rings is 1. The molecule has 10 heteroatoms. The zero-order chi connectivity index (χ0) is 18.0. The van der Waals surface area contributed by atoms with E-state index < -0.39 is 18.5 Å². The first-order valence-electron chi connectivity index (χ1n) is 6.81. The number of hydrogen-bond donors (Lipinski definition) is 1. The summed E-state index contributed by atoms with van der Waals surface area (Å²) in [5.74, 6) is 0.628. The second-order valence-electron chi connectivity index (χ2n) is 5.28. The van der Waals surface area contributed by atoms with Gasteiger partial charge in [-0.2, -0.15) is 0 Å². The minimum absolute atomic E-state index is 0.0659. The van der Waals surface area contributed by atoms with Gasteiger partial charge in [0.05, 0.1) is 14.2 Å². The molecule has 0 radical (unpaired) electrons. The zero-order valence-electron chi connectivity index (χ0n) is 13.0. The highest BCUT2D eigenvalue weighted by molar-refractivity contribution is 14.1. The molecule has 0 saturated heterocycles. The van der Waals surface area contributed by atoms with Crippen LogP contribution in [0.25, 0.3) is 0 Å². The number of sulfonamides is 1. The summed E-state index contributed by atoms with van der Waals surface area (Å²) in [4.78, 5) is 2.07. The fourth-order valence-electron chi connectivity index (χ4n) is 1.77. The predicted molar refractivity (Wildman–Crippen MR) is 112 cm³/mol. The molecule has 0 aromatic heterocycles. The third kappa shape index (κ3) is 5.70. The van der Waals surface area contributed by atoms with Crippen LogP contribution in [0.15, 0.2) is 40.0 Å². The van der Waals surface area contributed by atoms with Crippen LogP contribution in [0, 0.1) is 3.57 Å². The Balaban J connectivity index is 2.14. The minimum Gasteiger partial charge on any atom is -0.491 e. The Labute approximate surface area is 166 Å². The van der Waals surface area contributed by atoms with Crippen LogP contribution in [0.1, 0.15) is 0 Å². The van der Waals surface area contributed by atoms with Crippen molar-refractivity contribution in [1.29, 1.82) is 0 Å². The number of allylic oxidation sites excluding steroid dienone is 1. The van der Waals surface area contributed by atoms with Crippen molar-refractivity contribution in [2.45, 2.75) is 0 Å². The fourth-order valence-corrected chi connectivity index (χ4v) is 6.11. The van der Waals surface area contributed by atoms with Crippen LogP contribution in [-0.4, -0.2) is 40.6 Å². The van der Waals surface area contributed by atoms with Crippen molar-refractivity contribution in [2.24, 2.45) is 0 Å². The quantitative estimate of drug-likeness (QED) is 0.537. The molecule has 0 aliphatic carbocycles. The Kier molecular flexibility index (Phi) is 6.77. The monoisotopic (exact) mass is 522 g/mol. The maximum Gasteiger partial charge on any atom is 0.262 e. The number of rotatable bonds is 7. The molecule has 0 bridgehead atoms. The third-order valence-electron chi connectivity index (χ3n) is 2.98. The standard InChI is InChI=1S/C14H17Cl2IN2O3S2/c1-19(2)6-7-22-14-9-11(3-4-13(14)17)18-24(20,21)12-5-8-23(15,16)10-12/h3-5,8-10,18H,6-7H2,1-2H3. The molecule has 0 atom stereocenters. The first-order chi connectivity index (χ1) is 11.1. The molecule has 5 nitrogen and oxygen atoms in total. The van der Waals surface area contributed by atoms with Crippen LogP contribution < -0.4 is 9.46 Å². The highest BCUT2D eigenvalue weighted by Gasteiger charge is 2.25. The van der Waals surface area contributed by atoms with E-state index in [0.717, 1.165) is 10.1 Å². The van der Waals surface area contributed by atoms with Crippen molar-refractivity contribution in [3.05, 3.63) is 43.6 Å². The number of hydrogen-bond acceptors (Lipinski definition) is 4. The van der Waals surface area contributed by atoms with Gasteiger partial charge in [0.15, 0.2) is 0 Å². The second kappa shape index (κ2) is 8.05. The molecule has 24 heavy (non-hydrogen) atoms. The first kappa shape index (κ1) is 20.2. The highest BCUT2D eigenvalue weighted by Crippen LogP contribution is 2.64. The van der Waals surface area contributed by atoms with Gasteiger partial charge in [0.1, 0.15) is 12.4 Å². The first-order valence-corrected chi connectivity index (χ1v) is 12.8. The van der Waals surface area contributed by atoms with Crippen LogP contribution in [-0.2, 0) is 10.0 Å². The molecular formula is C14H17Cl2IN2O3S2. The van der Waals surface area contributed by atoms with Gasteiger partial charge >= 0.3 is 0 Å². The summed E-state index contributed by atoms with van der Waals surface area (Å²) >= 11 is 2.14. The summed E-state index contributed by atoms with van der Waals surface area (Å²) in [7, 11) is 9.96. The smallest absolute Gasteiger partial charge is 0.262 e. The molecule has 1 aliphatic rings. The SMILES string of the molecule is CN(C)CCOc1cc(NS(=O)(=O)C2=CS(Cl)(Cl)C=C2)ccc1I. The van der Waals surface area contributed by atoms with E-state index in [1.165, 1.54) is 16.9 Å². The zero-order valence-corrected chi connectivity index (χ0v) is 18.3. The molecule has 1 aromatic carbocycles. The van der Waals surface area contributed by atoms with E-state index in [-0.39, 0.29) is 4.91 Å². The number of anilines is 1. The lowest BCUT2D eigenvalue weighted by atomic mass is 10.3. The van der Waals surface area contributed by atoms with Crippen LogP contribution in [0.5, 0.6) is 5.75 Å². The normalized spacial score (nSPS) is 17.7. The van der Waals surface area contributed by atoms with Gasteiger partial charge < -0.3 is 9.64 Å². The van der Waals surface area contributed by atoms with Gasteiger partial charge in [-0.1, -0.05) is 0 Å². The molecular weight excluding hydrogens is 506 g/mol. The fraction of sp³-hybridized carbons (Fsp3) is 0.286. The largest absolute Gasteiger partial charge is 0.491 e. The Hall–Kier alpha value is -0.130. The van der Waals surface area contributed by atoms with Gasteiger partial charge in [0, 0.05) is 18.0 Å². The van der Waals surface area contributed by atoms with Crippen LogP contribution in [0.3, 0.4) is 0 Å². The number of halogens is 3. The summed E-state index contributed by atoms with van der Waals surface area (Å²) in [5.41, 5.74) is 0.418. The number of nitrogens with zero attached hydrogens (tertiary/aromatic N) is 1. The van der Waals surface area contributed by atoms with Gasteiger partial charge in [-0.3, -0.25) is 4.72 Å². The van der Waals surface area contributed by atoms with Crippen LogP contribution in [0.4, 0.5) is 5.69 Å². The lowest BCUT2D eigenvalue weighted by Gasteiger charge is -2.14. The van der Waals surface area contributed by atoms with E-state index in [1.807, 2.05) is 19.0 Å². The lowest BCUT2D eigenvalue weighted by Crippen LogP contribution is -2.19. The Morgan fingerprint density at radius 3 is 2.62 bits per heavy atom. The van der Waals surface area contributed by atoms with E-state index in [4.69, 9.17) is 26.1 Å². The van der Waals surface area contributed by atoms with Gasteiger partial charge in [-0.05, 0) is 90.1 Å². The van der Waals surface area contributed by atoms with E-state index in [2.05, 4.69) is 27.3 Å². The summed E-state index contributed by atoms with van der Waals surface area (Å²) in [6.45, 7) is 1.28. The van der Waals surface area contributed by atoms with Crippen LogP contribution in [0.2, 0.25) is 0 Å². The molecule has 0 unspecified atom stereocenters. The summed E-state index contributed by atoms with van der Waals surface area (Å²) in [6, 6.07) is 5.13. The van der Waals surface area contributed by atoms with Crippen molar-refractivity contribution in [2.75, 3.05) is 32.0 Å². The van der Waals surface area contributed by atoms with Gasteiger partial charge in [0.2, 0.25) is 0 Å². The van der Waals surface area contributed by atoms with E-state index in [9.17, 15) is 8.42 Å². The van der Waals surface area contributed by atoms with E-state index in [0.29, 0.717) is 18.0 Å². The maximum atomic E-state index is 12.4. The molecule has 0 amide bonds. The molecule has 1 aliphatic heterocycles. The Bertz CT molecular complexity index is 780. The molecule has 134 valence electrons. The number of likely N-dealkylation sites (N-methyl/N-ethyl adjacent to an activating group) is 1. The van der Waals surface area contributed by atoms with Crippen molar-refractivity contribution in [3.63, 3.8) is 0 Å². The highest BCUT2D eigenvalue weighted by atomic mass is 127. The summed E-state index contributed by atoms with van der Waals surface area (Å²) in [6.07, 6.45) is 1.42.